The molecule has 0 aliphatic rings. The van der Waals surface area contributed by atoms with Crippen molar-refractivity contribution in [2.24, 2.45) is 0 Å². The second-order valence-corrected chi connectivity index (χ2v) is 5.78. The molecule has 0 aliphatic carbocycles. The second kappa shape index (κ2) is 5.66. The van der Waals surface area contributed by atoms with E-state index in [9.17, 15) is 0 Å². The molecule has 2 aromatic rings. The summed E-state index contributed by atoms with van der Waals surface area (Å²) < 4.78 is 11.1. The number of rotatable bonds is 5. The van der Waals surface area contributed by atoms with Crippen LogP contribution < -0.4 is 10.1 Å². The van der Waals surface area contributed by atoms with Gasteiger partial charge >= 0.3 is 0 Å². The lowest BCUT2D eigenvalue weighted by Crippen LogP contribution is -2.37. The Morgan fingerprint density at radius 2 is 2.05 bits per heavy atom. The highest BCUT2D eigenvalue weighted by Crippen LogP contribution is 2.26. The summed E-state index contributed by atoms with van der Waals surface area (Å²) in [6.07, 6.45) is 2.81. The van der Waals surface area contributed by atoms with Crippen molar-refractivity contribution in [2.75, 3.05) is 13.2 Å². The fraction of sp³-hybridized carbons (Fsp3) is 0.500. The number of hydrogen-bond acceptors (Lipinski definition) is 3. The number of fused-ring (bicyclic) bond motifs is 1. The molecule has 0 bridgehead atoms. The topological polar surface area (TPSA) is 34.4 Å². The molecule has 0 saturated heterocycles. The standard InChI is InChI=1S/C16H23NO2/c1-5-18-13-6-7-15-14(10-13)12(11-19-15)8-9-17-16(2,3)4/h6-7,10-11,17H,5,8-9H2,1-4H3. The van der Waals surface area contributed by atoms with E-state index in [-0.39, 0.29) is 5.54 Å². The van der Waals surface area contributed by atoms with Gasteiger partial charge < -0.3 is 14.5 Å². The van der Waals surface area contributed by atoms with Crippen LogP contribution in [-0.2, 0) is 6.42 Å². The zero-order valence-corrected chi connectivity index (χ0v) is 12.2. The highest BCUT2D eigenvalue weighted by Gasteiger charge is 2.10. The number of hydrogen-bond donors (Lipinski definition) is 1. The smallest absolute Gasteiger partial charge is 0.134 e. The average molecular weight is 261 g/mol. The minimum absolute atomic E-state index is 0.149. The van der Waals surface area contributed by atoms with Crippen molar-refractivity contribution in [1.29, 1.82) is 0 Å². The van der Waals surface area contributed by atoms with Crippen molar-refractivity contribution in [3.8, 4) is 5.75 Å². The van der Waals surface area contributed by atoms with Gasteiger partial charge in [-0.25, -0.2) is 0 Å². The second-order valence-electron chi connectivity index (χ2n) is 5.78. The third-order valence-corrected chi connectivity index (χ3v) is 2.99. The van der Waals surface area contributed by atoms with Crippen LogP contribution in [0.25, 0.3) is 11.0 Å². The van der Waals surface area contributed by atoms with Crippen LogP contribution in [0, 0.1) is 0 Å². The number of ether oxygens (including phenoxy) is 1. The summed E-state index contributed by atoms with van der Waals surface area (Å²) >= 11 is 0. The maximum Gasteiger partial charge on any atom is 0.134 e. The summed E-state index contributed by atoms with van der Waals surface area (Å²) in [5.41, 5.74) is 2.30. The molecule has 19 heavy (non-hydrogen) atoms. The Balaban J connectivity index is 2.12. The summed E-state index contributed by atoms with van der Waals surface area (Å²) in [5, 5.41) is 4.65. The normalized spacial score (nSPS) is 12.0. The molecule has 0 atom stereocenters. The van der Waals surface area contributed by atoms with Gasteiger partial charge in [-0.05, 0) is 64.4 Å². The molecule has 1 N–H and O–H groups in total. The molecular weight excluding hydrogens is 238 g/mol. The van der Waals surface area contributed by atoms with Crippen molar-refractivity contribution in [1.82, 2.24) is 5.32 Å². The molecule has 3 heteroatoms. The lowest BCUT2D eigenvalue weighted by atomic mass is 10.1. The van der Waals surface area contributed by atoms with E-state index in [1.807, 2.05) is 25.3 Å². The minimum Gasteiger partial charge on any atom is -0.494 e. The molecule has 0 spiro atoms. The molecular formula is C16H23NO2. The summed E-state index contributed by atoms with van der Waals surface area (Å²) in [4.78, 5) is 0. The van der Waals surface area contributed by atoms with E-state index >= 15 is 0 Å². The number of furan rings is 1. The van der Waals surface area contributed by atoms with Crippen molar-refractivity contribution in [3.05, 3.63) is 30.0 Å². The Kier molecular flexibility index (Phi) is 4.15. The van der Waals surface area contributed by atoms with Crippen LogP contribution in [0.5, 0.6) is 5.75 Å². The maximum absolute atomic E-state index is 5.58. The highest BCUT2D eigenvalue weighted by atomic mass is 16.5. The Hall–Kier alpha value is -1.48. The fourth-order valence-corrected chi connectivity index (χ4v) is 2.08. The molecule has 0 saturated carbocycles. The Morgan fingerprint density at radius 3 is 2.74 bits per heavy atom. The molecule has 3 nitrogen and oxygen atoms in total. The number of nitrogens with one attached hydrogen (secondary N) is 1. The Bertz CT molecular complexity index is 537. The van der Waals surface area contributed by atoms with Gasteiger partial charge in [-0.2, -0.15) is 0 Å². The summed E-state index contributed by atoms with van der Waals surface area (Å²) in [6.45, 7) is 10.1. The minimum atomic E-state index is 0.149. The van der Waals surface area contributed by atoms with Crippen LogP contribution in [0.2, 0.25) is 0 Å². The third kappa shape index (κ3) is 3.74. The molecule has 1 heterocycles. The molecule has 1 aromatic heterocycles. The SMILES string of the molecule is CCOc1ccc2occ(CCNC(C)(C)C)c2c1. The monoisotopic (exact) mass is 261 g/mol. The molecule has 0 radical (unpaired) electrons. The van der Waals surface area contributed by atoms with Gasteiger partial charge in [0.05, 0.1) is 12.9 Å². The van der Waals surface area contributed by atoms with Crippen molar-refractivity contribution < 1.29 is 9.15 Å². The van der Waals surface area contributed by atoms with Crippen LogP contribution in [0.4, 0.5) is 0 Å². The van der Waals surface area contributed by atoms with Gasteiger partial charge in [-0.1, -0.05) is 0 Å². The zero-order chi connectivity index (χ0) is 13.9. The summed E-state index contributed by atoms with van der Waals surface area (Å²) in [5.74, 6) is 0.904. The van der Waals surface area contributed by atoms with Gasteiger partial charge in [0.15, 0.2) is 0 Å². The van der Waals surface area contributed by atoms with E-state index in [0.717, 1.165) is 29.7 Å². The largest absolute Gasteiger partial charge is 0.494 e. The third-order valence-electron chi connectivity index (χ3n) is 2.99. The lowest BCUT2D eigenvalue weighted by molar-refractivity contribution is 0.340. The first kappa shape index (κ1) is 13.9. The molecule has 0 amide bonds. The van der Waals surface area contributed by atoms with Crippen LogP contribution in [-0.4, -0.2) is 18.7 Å². The molecule has 2 rings (SSSR count). The number of benzene rings is 1. The zero-order valence-electron chi connectivity index (χ0n) is 12.2. The van der Waals surface area contributed by atoms with Crippen LogP contribution in [0.1, 0.15) is 33.3 Å². The molecule has 0 fully saturated rings. The maximum atomic E-state index is 5.58. The fourth-order valence-electron chi connectivity index (χ4n) is 2.08. The van der Waals surface area contributed by atoms with E-state index in [0.29, 0.717) is 6.61 Å². The predicted octanol–water partition coefficient (Wildman–Crippen LogP) is 3.76. The van der Waals surface area contributed by atoms with Crippen LogP contribution in [0.3, 0.4) is 0 Å². The van der Waals surface area contributed by atoms with Gasteiger partial charge in [0.25, 0.3) is 0 Å². The van der Waals surface area contributed by atoms with E-state index in [1.54, 1.807) is 0 Å². The first-order valence-corrected chi connectivity index (χ1v) is 6.87. The average Bonchev–Trinajstić information content (AvgIpc) is 2.71. The molecule has 0 aliphatic heterocycles. The van der Waals surface area contributed by atoms with Crippen LogP contribution in [0.15, 0.2) is 28.9 Å². The molecule has 0 unspecified atom stereocenters. The Morgan fingerprint density at radius 1 is 1.26 bits per heavy atom. The van der Waals surface area contributed by atoms with Crippen LogP contribution >= 0.6 is 0 Å². The first-order valence-electron chi connectivity index (χ1n) is 6.87. The van der Waals surface area contributed by atoms with Crippen molar-refractivity contribution >= 4 is 11.0 Å². The van der Waals surface area contributed by atoms with E-state index in [2.05, 4.69) is 32.2 Å². The molecule has 1 aromatic carbocycles. The van der Waals surface area contributed by atoms with E-state index in [1.165, 1.54) is 5.56 Å². The predicted molar refractivity (Wildman–Crippen MR) is 78.8 cm³/mol. The highest BCUT2D eigenvalue weighted by molar-refractivity contribution is 5.82. The summed E-state index contributed by atoms with van der Waals surface area (Å²) in [7, 11) is 0. The van der Waals surface area contributed by atoms with Gasteiger partial charge in [0.2, 0.25) is 0 Å². The van der Waals surface area contributed by atoms with Gasteiger partial charge in [0.1, 0.15) is 11.3 Å². The van der Waals surface area contributed by atoms with E-state index < -0.39 is 0 Å². The van der Waals surface area contributed by atoms with Gasteiger partial charge in [0, 0.05) is 10.9 Å². The summed E-state index contributed by atoms with van der Waals surface area (Å²) in [6, 6.07) is 5.99. The first-order chi connectivity index (χ1) is 8.99. The lowest BCUT2D eigenvalue weighted by Gasteiger charge is -2.20. The quantitative estimate of drug-likeness (QED) is 0.889. The Labute approximate surface area is 114 Å². The van der Waals surface area contributed by atoms with E-state index in [4.69, 9.17) is 9.15 Å². The van der Waals surface area contributed by atoms with Gasteiger partial charge in [-0.15, -0.1) is 0 Å². The van der Waals surface area contributed by atoms with Crippen molar-refractivity contribution in [2.45, 2.75) is 39.7 Å². The van der Waals surface area contributed by atoms with Crippen molar-refractivity contribution in [3.63, 3.8) is 0 Å². The molecule has 104 valence electrons. The van der Waals surface area contributed by atoms with Gasteiger partial charge in [-0.3, -0.25) is 0 Å².